The first kappa shape index (κ1) is 17.5. The average molecular weight is 369 g/mol. The highest BCUT2D eigenvalue weighted by atomic mass is 16.3. The molecule has 3 heterocycles. The zero-order valence-electron chi connectivity index (χ0n) is 15.5. The minimum absolute atomic E-state index is 0.101. The molecule has 0 spiro atoms. The smallest absolute Gasteiger partial charge is 0.321 e. The number of anilines is 1. The van der Waals surface area contributed by atoms with E-state index in [2.05, 4.69) is 15.5 Å². The van der Waals surface area contributed by atoms with E-state index < -0.39 is 0 Å². The standard InChI is InChI=1S/C19H23N5O3/c1-12-9-13-5-3-7-15(17(13)27-12)20-19(26)24-8-4-6-14(10-24)18-22-21-16(11-25)23(18)2/h3,5,7,9,14,25H,4,6,8,10-11H2,1-2H3,(H,20,26). The van der Waals surface area contributed by atoms with Crippen LogP contribution in [0.15, 0.2) is 28.7 Å². The lowest BCUT2D eigenvalue weighted by Crippen LogP contribution is -2.42. The molecule has 1 aliphatic rings. The normalized spacial score (nSPS) is 17.4. The van der Waals surface area contributed by atoms with Crippen molar-refractivity contribution < 1.29 is 14.3 Å². The van der Waals surface area contributed by atoms with Crippen LogP contribution in [0.5, 0.6) is 0 Å². The number of piperidine rings is 1. The zero-order valence-corrected chi connectivity index (χ0v) is 15.5. The monoisotopic (exact) mass is 369 g/mol. The van der Waals surface area contributed by atoms with Gasteiger partial charge in [-0.3, -0.25) is 0 Å². The summed E-state index contributed by atoms with van der Waals surface area (Å²) in [6.45, 7) is 3.01. The number of nitrogens with one attached hydrogen (secondary N) is 1. The number of aryl methyl sites for hydroxylation is 1. The molecule has 4 rings (SSSR count). The quantitative estimate of drug-likeness (QED) is 0.740. The number of carbonyl (C=O) groups excluding carboxylic acids is 1. The fourth-order valence-corrected chi connectivity index (χ4v) is 3.73. The number of aliphatic hydroxyl groups is 1. The second-order valence-electron chi connectivity index (χ2n) is 6.99. The number of rotatable bonds is 3. The molecule has 2 aromatic heterocycles. The molecule has 3 aromatic rings. The number of furan rings is 1. The van der Waals surface area contributed by atoms with Gasteiger partial charge in [0.2, 0.25) is 0 Å². The van der Waals surface area contributed by atoms with Crippen LogP contribution in [0.4, 0.5) is 10.5 Å². The first-order valence-corrected chi connectivity index (χ1v) is 9.11. The zero-order chi connectivity index (χ0) is 19.0. The van der Waals surface area contributed by atoms with Gasteiger partial charge in [0.25, 0.3) is 0 Å². The summed E-state index contributed by atoms with van der Waals surface area (Å²) in [4.78, 5) is 14.6. The number of nitrogens with zero attached hydrogens (tertiary/aromatic N) is 4. The van der Waals surface area contributed by atoms with Crippen molar-refractivity contribution in [2.75, 3.05) is 18.4 Å². The van der Waals surface area contributed by atoms with Crippen molar-refractivity contribution in [3.05, 3.63) is 41.7 Å². The first-order valence-electron chi connectivity index (χ1n) is 9.11. The van der Waals surface area contributed by atoms with Gasteiger partial charge in [-0.25, -0.2) is 4.79 Å². The Bertz CT molecular complexity index is 977. The number of urea groups is 1. The topological polar surface area (TPSA) is 96.4 Å². The Morgan fingerprint density at radius 2 is 2.26 bits per heavy atom. The molecule has 1 atom stereocenters. The fraction of sp³-hybridized carbons (Fsp3) is 0.421. The molecule has 0 aliphatic carbocycles. The maximum Gasteiger partial charge on any atom is 0.321 e. The Morgan fingerprint density at radius 3 is 3.04 bits per heavy atom. The largest absolute Gasteiger partial charge is 0.459 e. The SMILES string of the molecule is Cc1cc2cccc(NC(=O)N3CCCC(c4nnc(CO)n4C)C3)c2o1. The number of aliphatic hydroxyl groups excluding tert-OH is 1. The number of fused-ring (bicyclic) bond motifs is 1. The van der Waals surface area contributed by atoms with Crippen molar-refractivity contribution >= 4 is 22.7 Å². The third-order valence-electron chi connectivity index (χ3n) is 5.12. The number of hydrogen-bond donors (Lipinski definition) is 2. The van der Waals surface area contributed by atoms with Gasteiger partial charge in [0, 0.05) is 31.4 Å². The van der Waals surface area contributed by atoms with Gasteiger partial charge >= 0.3 is 6.03 Å². The maximum absolute atomic E-state index is 12.8. The van der Waals surface area contributed by atoms with Crippen LogP contribution in [0, 0.1) is 6.92 Å². The number of carbonyl (C=O) groups is 1. The van der Waals surface area contributed by atoms with E-state index >= 15 is 0 Å². The predicted molar refractivity (Wildman–Crippen MR) is 100 cm³/mol. The van der Waals surface area contributed by atoms with Gasteiger partial charge in [-0.2, -0.15) is 0 Å². The van der Waals surface area contributed by atoms with Gasteiger partial charge in [0.1, 0.15) is 18.2 Å². The summed E-state index contributed by atoms with van der Waals surface area (Å²) in [5.41, 5.74) is 1.37. The molecule has 1 fully saturated rings. The van der Waals surface area contributed by atoms with Crippen molar-refractivity contribution in [3.8, 4) is 0 Å². The molecule has 0 saturated carbocycles. The third-order valence-corrected chi connectivity index (χ3v) is 5.12. The summed E-state index contributed by atoms with van der Waals surface area (Å²) < 4.78 is 7.55. The molecule has 8 heteroatoms. The Morgan fingerprint density at radius 1 is 1.41 bits per heavy atom. The molecule has 0 bridgehead atoms. The average Bonchev–Trinajstić information content (AvgIpc) is 3.24. The number of amides is 2. The molecule has 0 radical (unpaired) electrons. The first-order chi connectivity index (χ1) is 13.1. The predicted octanol–water partition coefficient (Wildman–Crippen LogP) is 2.77. The highest BCUT2D eigenvalue weighted by Gasteiger charge is 2.28. The third kappa shape index (κ3) is 3.28. The lowest BCUT2D eigenvalue weighted by atomic mass is 9.97. The van der Waals surface area contributed by atoms with Gasteiger partial charge in [0.05, 0.1) is 5.69 Å². The van der Waals surface area contributed by atoms with Crippen molar-refractivity contribution in [2.24, 2.45) is 7.05 Å². The molecule has 1 unspecified atom stereocenters. The molecule has 1 aliphatic heterocycles. The van der Waals surface area contributed by atoms with Crippen LogP contribution in [0.1, 0.15) is 36.2 Å². The van der Waals surface area contributed by atoms with Gasteiger partial charge in [0.15, 0.2) is 11.4 Å². The summed E-state index contributed by atoms with van der Waals surface area (Å²) in [6, 6.07) is 7.52. The van der Waals surface area contributed by atoms with Gasteiger partial charge in [-0.05, 0) is 31.9 Å². The lowest BCUT2D eigenvalue weighted by molar-refractivity contribution is 0.190. The van der Waals surface area contributed by atoms with E-state index in [1.165, 1.54) is 0 Å². The van der Waals surface area contributed by atoms with Gasteiger partial charge in [-0.15, -0.1) is 10.2 Å². The minimum atomic E-state index is -0.147. The van der Waals surface area contributed by atoms with Crippen LogP contribution in [0.2, 0.25) is 0 Å². The fourth-order valence-electron chi connectivity index (χ4n) is 3.73. The van der Waals surface area contributed by atoms with Crippen molar-refractivity contribution in [1.29, 1.82) is 0 Å². The molecule has 27 heavy (non-hydrogen) atoms. The Labute approximate surface area is 156 Å². The molecular weight excluding hydrogens is 346 g/mol. The van der Waals surface area contributed by atoms with Gasteiger partial charge < -0.3 is 24.3 Å². The summed E-state index contributed by atoms with van der Waals surface area (Å²) in [5.74, 6) is 2.25. The summed E-state index contributed by atoms with van der Waals surface area (Å²) in [5, 5.41) is 21.5. The second kappa shape index (κ2) is 7.03. The van der Waals surface area contributed by atoms with Crippen LogP contribution in [-0.2, 0) is 13.7 Å². The lowest BCUT2D eigenvalue weighted by Gasteiger charge is -2.32. The molecule has 1 aromatic carbocycles. The van der Waals surface area contributed by atoms with E-state index in [9.17, 15) is 9.90 Å². The van der Waals surface area contributed by atoms with E-state index in [1.54, 1.807) is 4.90 Å². The molecular formula is C19H23N5O3. The van der Waals surface area contributed by atoms with Crippen molar-refractivity contribution in [3.63, 3.8) is 0 Å². The van der Waals surface area contributed by atoms with Crippen LogP contribution >= 0.6 is 0 Å². The number of hydrogen-bond acceptors (Lipinski definition) is 5. The van der Waals surface area contributed by atoms with Gasteiger partial charge in [-0.1, -0.05) is 12.1 Å². The Kier molecular flexibility index (Phi) is 4.57. The highest BCUT2D eigenvalue weighted by molar-refractivity contribution is 5.99. The molecule has 142 valence electrons. The van der Waals surface area contributed by atoms with Crippen LogP contribution < -0.4 is 5.32 Å². The van der Waals surface area contributed by atoms with Crippen LogP contribution in [0.3, 0.4) is 0 Å². The summed E-state index contributed by atoms with van der Waals surface area (Å²) in [7, 11) is 1.85. The molecule has 1 saturated heterocycles. The van der Waals surface area contributed by atoms with E-state index in [1.807, 2.05) is 42.8 Å². The van der Waals surface area contributed by atoms with E-state index in [0.29, 0.717) is 30.2 Å². The number of aromatic nitrogens is 3. The van der Waals surface area contributed by atoms with E-state index in [0.717, 1.165) is 29.8 Å². The second-order valence-corrected chi connectivity index (χ2v) is 6.99. The van der Waals surface area contributed by atoms with Crippen molar-refractivity contribution in [2.45, 2.75) is 32.3 Å². The minimum Gasteiger partial charge on any atom is -0.459 e. The Balaban J connectivity index is 1.50. The number of benzene rings is 1. The van der Waals surface area contributed by atoms with E-state index in [-0.39, 0.29) is 18.6 Å². The van der Waals surface area contributed by atoms with Crippen LogP contribution in [-0.4, -0.2) is 43.9 Å². The summed E-state index contributed by atoms with van der Waals surface area (Å²) in [6.07, 6.45) is 1.83. The maximum atomic E-state index is 12.8. The van der Waals surface area contributed by atoms with E-state index in [4.69, 9.17) is 4.42 Å². The molecule has 2 amide bonds. The Hall–Kier alpha value is -2.87. The molecule has 2 N–H and O–H groups in total. The highest BCUT2D eigenvalue weighted by Crippen LogP contribution is 2.29. The van der Waals surface area contributed by atoms with Crippen molar-refractivity contribution in [1.82, 2.24) is 19.7 Å². The molecule has 8 nitrogen and oxygen atoms in total. The van der Waals surface area contributed by atoms with Crippen LogP contribution in [0.25, 0.3) is 11.0 Å². The number of likely N-dealkylation sites (tertiary alicyclic amines) is 1. The summed E-state index contributed by atoms with van der Waals surface area (Å²) >= 11 is 0. The number of para-hydroxylation sites is 1.